The van der Waals surface area contributed by atoms with Crippen LogP contribution in [0.2, 0.25) is 0 Å². The minimum Gasteiger partial charge on any atom is -0.494 e. The van der Waals surface area contributed by atoms with Gasteiger partial charge in [-0.2, -0.15) is 0 Å². The second-order valence-corrected chi connectivity index (χ2v) is 6.33. The molecule has 0 aliphatic carbocycles. The van der Waals surface area contributed by atoms with Gasteiger partial charge in [-0.3, -0.25) is 24.3 Å². The maximum Gasteiger partial charge on any atom is 0.328 e. The molecule has 0 saturated heterocycles. The van der Waals surface area contributed by atoms with Gasteiger partial charge in [0, 0.05) is 5.56 Å². The van der Waals surface area contributed by atoms with E-state index in [0.717, 1.165) is 4.68 Å². The number of H-pyrrole nitrogens is 1. The minimum atomic E-state index is -1.05. The third kappa shape index (κ3) is 4.43. The quantitative estimate of drug-likeness (QED) is 0.483. The summed E-state index contributed by atoms with van der Waals surface area (Å²) >= 11 is 0. The van der Waals surface area contributed by atoms with Crippen LogP contribution in [-0.4, -0.2) is 34.2 Å². The molecule has 0 aliphatic heterocycles. The number of ether oxygens (including phenoxy) is 2. The number of aromatic amines is 1. The van der Waals surface area contributed by atoms with E-state index >= 15 is 0 Å². The monoisotopic (exact) mass is 396 g/mol. The number of carbonyl (C=O) groups excluding carboxylic acids is 2. The van der Waals surface area contributed by atoms with E-state index in [1.807, 2.05) is 6.92 Å². The normalized spacial score (nSPS) is 11.8. The molecule has 0 saturated carbocycles. The van der Waals surface area contributed by atoms with E-state index in [9.17, 15) is 19.2 Å². The lowest BCUT2D eigenvalue weighted by molar-refractivity contribution is -0.147. The van der Waals surface area contributed by atoms with Crippen molar-refractivity contribution < 1.29 is 19.1 Å². The Kier molecular flexibility index (Phi) is 5.92. The molecule has 0 aliphatic rings. The van der Waals surface area contributed by atoms with E-state index in [-0.39, 0.29) is 16.6 Å². The summed E-state index contributed by atoms with van der Waals surface area (Å²) in [5.74, 6) is -0.570. The highest BCUT2D eigenvalue weighted by Gasteiger charge is 2.20. The van der Waals surface area contributed by atoms with Crippen LogP contribution >= 0.6 is 0 Å². The minimum absolute atomic E-state index is 0.197. The fourth-order valence-electron chi connectivity index (χ4n) is 2.89. The fraction of sp³-hybridized carbons (Fsp3) is 0.238. The maximum atomic E-state index is 12.5. The zero-order valence-electron chi connectivity index (χ0n) is 16.0. The van der Waals surface area contributed by atoms with Crippen LogP contribution in [0.15, 0.2) is 58.1 Å². The summed E-state index contributed by atoms with van der Waals surface area (Å²) in [6.45, 7) is 3.30. The molecule has 0 amide bonds. The number of esters is 1. The smallest absolute Gasteiger partial charge is 0.328 e. The third-order valence-electron chi connectivity index (χ3n) is 4.30. The summed E-state index contributed by atoms with van der Waals surface area (Å²) < 4.78 is 11.4. The van der Waals surface area contributed by atoms with Gasteiger partial charge in [0.05, 0.1) is 17.4 Å². The van der Waals surface area contributed by atoms with Crippen molar-refractivity contribution in [2.24, 2.45) is 0 Å². The first-order valence-electron chi connectivity index (χ1n) is 9.09. The van der Waals surface area contributed by atoms with Crippen LogP contribution in [-0.2, 0) is 16.1 Å². The van der Waals surface area contributed by atoms with Crippen LogP contribution in [0.25, 0.3) is 10.8 Å². The molecule has 29 heavy (non-hydrogen) atoms. The van der Waals surface area contributed by atoms with E-state index in [1.165, 1.54) is 19.1 Å². The Morgan fingerprint density at radius 2 is 1.69 bits per heavy atom. The average molecular weight is 396 g/mol. The lowest BCUT2D eigenvalue weighted by Crippen LogP contribution is -2.34. The molecule has 3 rings (SSSR count). The zero-order valence-corrected chi connectivity index (χ0v) is 16.0. The predicted molar refractivity (Wildman–Crippen MR) is 106 cm³/mol. The maximum absolute atomic E-state index is 12.5. The first-order chi connectivity index (χ1) is 13.9. The number of rotatable bonds is 7. The molecular weight excluding hydrogens is 376 g/mol. The number of hydrogen-bond donors (Lipinski definition) is 1. The van der Waals surface area contributed by atoms with Crippen molar-refractivity contribution in [3.05, 3.63) is 74.8 Å². The number of nitrogens with one attached hydrogen (secondary N) is 1. The van der Waals surface area contributed by atoms with E-state index in [1.54, 1.807) is 36.4 Å². The molecule has 0 spiro atoms. The molecule has 1 atom stereocenters. The van der Waals surface area contributed by atoms with Crippen LogP contribution in [0, 0.1) is 0 Å². The summed E-state index contributed by atoms with van der Waals surface area (Å²) in [6.07, 6.45) is -1.05. The molecule has 3 aromatic rings. The van der Waals surface area contributed by atoms with Crippen molar-refractivity contribution in [3.8, 4) is 5.75 Å². The van der Waals surface area contributed by atoms with Crippen LogP contribution < -0.4 is 15.9 Å². The molecule has 8 heteroatoms. The molecular formula is C21H20N2O6. The highest BCUT2D eigenvalue weighted by atomic mass is 16.5. The van der Waals surface area contributed by atoms with Crippen LogP contribution in [0.3, 0.4) is 0 Å². The Bertz CT molecular complexity index is 1160. The molecule has 1 heterocycles. The molecule has 150 valence electrons. The van der Waals surface area contributed by atoms with Crippen molar-refractivity contribution in [1.29, 1.82) is 0 Å². The van der Waals surface area contributed by atoms with Crippen molar-refractivity contribution in [1.82, 2.24) is 9.78 Å². The zero-order chi connectivity index (χ0) is 21.0. The number of nitrogens with zero attached hydrogens (tertiary/aromatic N) is 1. The van der Waals surface area contributed by atoms with Crippen LogP contribution in [0.5, 0.6) is 5.75 Å². The molecule has 0 radical (unpaired) electrons. The SMILES string of the molecule is CCOc1ccc(C(=O)[C@@H](C)OC(=O)Cn2[nH]c(=O)c3ccccc3c2=O)cc1. The van der Waals surface area contributed by atoms with Gasteiger partial charge in [-0.05, 0) is 50.2 Å². The lowest BCUT2D eigenvalue weighted by Gasteiger charge is -2.13. The highest BCUT2D eigenvalue weighted by molar-refractivity contribution is 6.00. The summed E-state index contributed by atoms with van der Waals surface area (Å²) in [5, 5.41) is 2.78. The van der Waals surface area contributed by atoms with Crippen LogP contribution in [0.4, 0.5) is 0 Å². The summed E-state index contributed by atoms with van der Waals surface area (Å²) in [7, 11) is 0. The van der Waals surface area contributed by atoms with Gasteiger partial charge in [0.25, 0.3) is 11.1 Å². The van der Waals surface area contributed by atoms with Gasteiger partial charge in [-0.1, -0.05) is 12.1 Å². The molecule has 0 fully saturated rings. The fourth-order valence-corrected chi connectivity index (χ4v) is 2.89. The van der Waals surface area contributed by atoms with E-state index in [0.29, 0.717) is 17.9 Å². The second-order valence-electron chi connectivity index (χ2n) is 6.33. The number of aromatic nitrogens is 2. The number of fused-ring (bicyclic) bond motifs is 1. The summed E-state index contributed by atoms with van der Waals surface area (Å²) in [6, 6.07) is 12.8. The van der Waals surface area contributed by atoms with Crippen molar-refractivity contribution in [2.75, 3.05) is 6.61 Å². The Labute approximate surface area is 165 Å². The molecule has 1 N–H and O–H groups in total. The van der Waals surface area contributed by atoms with Gasteiger partial charge >= 0.3 is 5.97 Å². The summed E-state index contributed by atoms with van der Waals surface area (Å²) in [4.78, 5) is 49.2. The lowest BCUT2D eigenvalue weighted by atomic mass is 10.1. The van der Waals surface area contributed by atoms with Gasteiger partial charge in [0.2, 0.25) is 5.78 Å². The number of ketones is 1. The van der Waals surface area contributed by atoms with Crippen molar-refractivity contribution >= 4 is 22.5 Å². The highest BCUT2D eigenvalue weighted by Crippen LogP contribution is 2.14. The number of Topliss-reactive ketones (excluding diaryl/α,β-unsaturated/α-hetero) is 1. The third-order valence-corrected chi connectivity index (χ3v) is 4.30. The van der Waals surface area contributed by atoms with Crippen molar-refractivity contribution in [2.45, 2.75) is 26.5 Å². The first kappa shape index (κ1) is 20.1. The first-order valence-corrected chi connectivity index (χ1v) is 9.09. The van der Waals surface area contributed by atoms with Crippen LogP contribution in [0.1, 0.15) is 24.2 Å². The van der Waals surface area contributed by atoms with Gasteiger partial charge in [0.15, 0.2) is 6.10 Å². The Hall–Kier alpha value is -3.68. The van der Waals surface area contributed by atoms with Gasteiger partial charge < -0.3 is 9.47 Å². The predicted octanol–water partition coefficient (Wildman–Crippen LogP) is 1.90. The molecule has 2 aromatic carbocycles. The molecule has 0 bridgehead atoms. The average Bonchev–Trinajstić information content (AvgIpc) is 2.72. The molecule has 8 nitrogen and oxygen atoms in total. The van der Waals surface area contributed by atoms with Crippen molar-refractivity contribution in [3.63, 3.8) is 0 Å². The second kappa shape index (κ2) is 8.55. The summed E-state index contributed by atoms with van der Waals surface area (Å²) in [5.41, 5.74) is -0.654. The van der Waals surface area contributed by atoms with Gasteiger partial charge in [-0.15, -0.1) is 0 Å². The molecule has 1 aromatic heterocycles. The Morgan fingerprint density at radius 1 is 1.03 bits per heavy atom. The number of carbonyl (C=O) groups is 2. The number of benzene rings is 2. The van der Waals surface area contributed by atoms with E-state index < -0.39 is 29.7 Å². The standard InChI is InChI=1S/C21H20N2O6/c1-3-28-15-10-8-14(9-11-15)19(25)13(2)29-18(24)12-23-21(27)17-7-5-4-6-16(17)20(26)22-23/h4-11,13H,3,12H2,1-2H3,(H,22,26)/t13-/m1/s1. The van der Waals surface area contributed by atoms with Gasteiger partial charge in [-0.25, -0.2) is 4.68 Å². The Balaban J connectivity index is 1.71. The largest absolute Gasteiger partial charge is 0.494 e. The van der Waals surface area contributed by atoms with E-state index in [2.05, 4.69) is 5.10 Å². The topological polar surface area (TPSA) is 107 Å². The van der Waals surface area contributed by atoms with E-state index in [4.69, 9.17) is 9.47 Å². The number of hydrogen-bond acceptors (Lipinski definition) is 6. The molecule has 0 unspecified atom stereocenters. The Morgan fingerprint density at radius 3 is 2.34 bits per heavy atom. The van der Waals surface area contributed by atoms with Gasteiger partial charge in [0.1, 0.15) is 12.3 Å².